The van der Waals surface area contributed by atoms with Gasteiger partial charge in [0.25, 0.3) is 0 Å². The SMILES string of the molecule is CN=C(NCC1CCCCC1C)N1CCC(c2cnn(C)c2)C1.I. The Balaban J connectivity index is 0.00000208. The number of nitrogens with zero attached hydrogens (tertiary/aromatic N) is 4. The van der Waals surface area contributed by atoms with Crippen LogP contribution >= 0.6 is 24.0 Å². The monoisotopic (exact) mass is 445 g/mol. The van der Waals surface area contributed by atoms with Crippen LogP contribution in [0.1, 0.15) is 50.5 Å². The highest BCUT2D eigenvalue weighted by atomic mass is 127. The molecular weight excluding hydrogens is 413 g/mol. The van der Waals surface area contributed by atoms with Gasteiger partial charge in [0.15, 0.2) is 5.96 Å². The van der Waals surface area contributed by atoms with Crippen LogP contribution in [0.4, 0.5) is 0 Å². The van der Waals surface area contributed by atoms with Crippen molar-refractivity contribution < 1.29 is 0 Å². The summed E-state index contributed by atoms with van der Waals surface area (Å²) in [5.41, 5.74) is 1.35. The Bertz CT molecular complexity index is 541. The number of aliphatic imine (C=N–C) groups is 1. The maximum atomic E-state index is 4.52. The number of rotatable bonds is 3. The Morgan fingerprint density at radius 3 is 2.79 bits per heavy atom. The third kappa shape index (κ3) is 4.64. The lowest BCUT2D eigenvalue weighted by molar-refractivity contribution is 0.254. The van der Waals surface area contributed by atoms with Gasteiger partial charge in [0.05, 0.1) is 6.20 Å². The summed E-state index contributed by atoms with van der Waals surface area (Å²) < 4.78 is 1.90. The van der Waals surface area contributed by atoms with Crippen LogP contribution in [0.5, 0.6) is 0 Å². The van der Waals surface area contributed by atoms with Crippen molar-refractivity contribution in [1.82, 2.24) is 20.0 Å². The molecule has 1 aromatic rings. The normalized spacial score (nSPS) is 27.9. The van der Waals surface area contributed by atoms with E-state index in [1.54, 1.807) is 0 Å². The Morgan fingerprint density at radius 2 is 2.12 bits per heavy atom. The first-order valence-electron chi connectivity index (χ1n) is 9.11. The van der Waals surface area contributed by atoms with Gasteiger partial charge in [-0.2, -0.15) is 5.10 Å². The Kier molecular flexibility index (Phi) is 7.37. The van der Waals surface area contributed by atoms with Gasteiger partial charge in [-0.15, -0.1) is 24.0 Å². The highest BCUT2D eigenvalue weighted by Gasteiger charge is 2.28. The molecule has 2 aliphatic rings. The molecule has 1 aliphatic heterocycles. The van der Waals surface area contributed by atoms with Gasteiger partial charge in [0, 0.05) is 45.8 Å². The van der Waals surface area contributed by atoms with Crippen molar-refractivity contribution in [2.45, 2.75) is 44.9 Å². The summed E-state index contributed by atoms with van der Waals surface area (Å²) in [5, 5.41) is 7.95. The summed E-state index contributed by atoms with van der Waals surface area (Å²) in [6.45, 7) is 5.61. The van der Waals surface area contributed by atoms with Crippen molar-refractivity contribution in [1.29, 1.82) is 0 Å². The van der Waals surface area contributed by atoms with E-state index in [1.807, 2.05) is 25.0 Å². The van der Waals surface area contributed by atoms with Crippen molar-refractivity contribution in [3.8, 4) is 0 Å². The summed E-state index contributed by atoms with van der Waals surface area (Å²) in [5.74, 6) is 3.30. The zero-order valence-corrected chi connectivity index (χ0v) is 17.6. The van der Waals surface area contributed by atoms with Gasteiger partial charge in [-0.1, -0.05) is 26.2 Å². The molecule has 3 unspecified atom stereocenters. The minimum Gasteiger partial charge on any atom is -0.356 e. The largest absolute Gasteiger partial charge is 0.356 e. The van der Waals surface area contributed by atoms with Gasteiger partial charge in [-0.3, -0.25) is 9.67 Å². The second-order valence-electron chi connectivity index (χ2n) is 7.33. The van der Waals surface area contributed by atoms with Crippen molar-refractivity contribution >= 4 is 29.9 Å². The van der Waals surface area contributed by atoms with Crippen molar-refractivity contribution in [3.63, 3.8) is 0 Å². The predicted molar refractivity (Wildman–Crippen MR) is 110 cm³/mol. The average molecular weight is 445 g/mol. The van der Waals surface area contributed by atoms with Crippen molar-refractivity contribution in [3.05, 3.63) is 18.0 Å². The van der Waals surface area contributed by atoms with Crippen molar-refractivity contribution in [2.24, 2.45) is 23.9 Å². The molecule has 0 aromatic carbocycles. The Hall–Kier alpha value is -0.790. The molecule has 6 heteroatoms. The predicted octanol–water partition coefficient (Wildman–Crippen LogP) is 3.23. The molecule has 24 heavy (non-hydrogen) atoms. The Labute approximate surface area is 163 Å². The van der Waals surface area contributed by atoms with E-state index in [1.165, 1.54) is 37.7 Å². The van der Waals surface area contributed by atoms with E-state index < -0.39 is 0 Å². The summed E-state index contributed by atoms with van der Waals surface area (Å²) in [7, 11) is 3.89. The number of aryl methyl sites for hydroxylation is 1. The lowest BCUT2D eigenvalue weighted by Crippen LogP contribution is -2.43. The molecule has 0 amide bonds. The first-order valence-corrected chi connectivity index (χ1v) is 9.11. The number of hydrogen-bond acceptors (Lipinski definition) is 2. The summed E-state index contributed by atoms with van der Waals surface area (Å²) >= 11 is 0. The lowest BCUT2D eigenvalue weighted by Gasteiger charge is -2.30. The minimum atomic E-state index is 0. The summed E-state index contributed by atoms with van der Waals surface area (Å²) in [6.07, 6.45) is 10.9. The van der Waals surface area contributed by atoms with E-state index in [0.717, 1.165) is 37.4 Å². The lowest BCUT2D eigenvalue weighted by atomic mass is 9.80. The highest BCUT2D eigenvalue weighted by Crippen LogP contribution is 2.29. The molecule has 3 rings (SSSR count). The molecule has 1 aromatic heterocycles. The first kappa shape index (κ1) is 19.5. The highest BCUT2D eigenvalue weighted by molar-refractivity contribution is 14.0. The third-order valence-corrected chi connectivity index (χ3v) is 5.71. The third-order valence-electron chi connectivity index (χ3n) is 5.71. The van der Waals surface area contributed by atoms with E-state index >= 15 is 0 Å². The molecule has 136 valence electrons. The van der Waals surface area contributed by atoms with Crippen LogP contribution in [-0.4, -0.2) is 47.3 Å². The Morgan fingerprint density at radius 1 is 1.33 bits per heavy atom. The quantitative estimate of drug-likeness (QED) is 0.442. The minimum absolute atomic E-state index is 0. The molecule has 5 nitrogen and oxygen atoms in total. The molecule has 3 atom stereocenters. The summed E-state index contributed by atoms with van der Waals surface area (Å²) in [4.78, 5) is 6.93. The van der Waals surface area contributed by atoms with Gasteiger partial charge in [-0.05, 0) is 30.2 Å². The average Bonchev–Trinajstić information content (AvgIpc) is 3.19. The summed E-state index contributed by atoms with van der Waals surface area (Å²) in [6, 6.07) is 0. The standard InChI is InChI=1S/C18H31N5.HI/c1-14-6-4-5-7-15(14)10-20-18(19-2)23-9-8-16(13-23)17-11-21-22(3)12-17;/h11-12,14-16H,4-10,13H2,1-3H3,(H,19,20);1H. The van der Waals surface area contributed by atoms with E-state index in [4.69, 9.17) is 0 Å². The van der Waals surface area contributed by atoms with Gasteiger partial charge >= 0.3 is 0 Å². The number of halogens is 1. The molecule has 1 saturated heterocycles. The number of aromatic nitrogens is 2. The van der Waals surface area contributed by atoms with Crippen LogP contribution < -0.4 is 5.32 Å². The molecule has 1 aliphatic carbocycles. The van der Waals surface area contributed by atoms with Crippen LogP contribution in [0.2, 0.25) is 0 Å². The smallest absolute Gasteiger partial charge is 0.193 e. The fourth-order valence-electron chi connectivity index (χ4n) is 4.13. The fourth-order valence-corrected chi connectivity index (χ4v) is 4.13. The van der Waals surface area contributed by atoms with Gasteiger partial charge in [0.2, 0.25) is 0 Å². The molecule has 0 radical (unpaired) electrons. The van der Waals surface area contributed by atoms with E-state index in [9.17, 15) is 0 Å². The number of hydrogen-bond donors (Lipinski definition) is 1. The van der Waals surface area contributed by atoms with Gasteiger partial charge in [0.1, 0.15) is 0 Å². The van der Waals surface area contributed by atoms with Gasteiger partial charge < -0.3 is 10.2 Å². The molecule has 2 fully saturated rings. The van der Waals surface area contributed by atoms with Crippen molar-refractivity contribution in [2.75, 3.05) is 26.7 Å². The molecule has 1 saturated carbocycles. The van der Waals surface area contributed by atoms with E-state index in [2.05, 4.69) is 33.4 Å². The maximum Gasteiger partial charge on any atom is 0.193 e. The molecule has 2 heterocycles. The number of guanidine groups is 1. The zero-order valence-electron chi connectivity index (χ0n) is 15.2. The molecule has 1 N–H and O–H groups in total. The number of likely N-dealkylation sites (tertiary alicyclic amines) is 1. The fraction of sp³-hybridized carbons (Fsp3) is 0.778. The van der Waals surface area contributed by atoms with E-state index in [0.29, 0.717) is 5.92 Å². The second-order valence-corrected chi connectivity index (χ2v) is 7.33. The zero-order chi connectivity index (χ0) is 16.2. The topological polar surface area (TPSA) is 45.5 Å². The van der Waals surface area contributed by atoms with Crippen LogP contribution in [-0.2, 0) is 7.05 Å². The van der Waals surface area contributed by atoms with Crippen LogP contribution in [0, 0.1) is 11.8 Å². The molecular formula is C18H32IN5. The van der Waals surface area contributed by atoms with Crippen LogP contribution in [0.15, 0.2) is 17.4 Å². The number of nitrogens with one attached hydrogen (secondary N) is 1. The second kappa shape index (κ2) is 9.06. The molecule has 0 spiro atoms. The maximum absolute atomic E-state index is 4.52. The van der Waals surface area contributed by atoms with Crippen LogP contribution in [0.3, 0.4) is 0 Å². The first-order chi connectivity index (χ1) is 11.2. The van der Waals surface area contributed by atoms with E-state index in [-0.39, 0.29) is 24.0 Å². The molecule has 0 bridgehead atoms. The van der Waals surface area contributed by atoms with Crippen LogP contribution in [0.25, 0.3) is 0 Å². The van der Waals surface area contributed by atoms with Gasteiger partial charge in [-0.25, -0.2) is 0 Å².